The topological polar surface area (TPSA) is 118 Å². The van der Waals surface area contributed by atoms with Gasteiger partial charge in [-0.1, -0.05) is 0 Å². The van der Waals surface area contributed by atoms with Gasteiger partial charge in [-0.2, -0.15) is 0 Å². The molecular weight excluding hydrogens is 212 g/mol. The second-order valence-corrected chi connectivity index (χ2v) is 3.19. The van der Waals surface area contributed by atoms with Crippen LogP contribution in [-0.2, 0) is 11.3 Å². The average molecular weight is 224 g/mol. The molecule has 7 heteroatoms. The van der Waals surface area contributed by atoms with Crippen LogP contribution in [0.25, 0.3) is 0 Å². The van der Waals surface area contributed by atoms with Crippen LogP contribution in [0.2, 0.25) is 0 Å². The van der Waals surface area contributed by atoms with Crippen LogP contribution in [0.3, 0.4) is 0 Å². The van der Waals surface area contributed by atoms with Crippen molar-refractivity contribution in [2.45, 2.75) is 19.5 Å². The maximum atomic E-state index is 10.8. The minimum Gasteiger partial charge on any atom is -0.478 e. The number of carboxylic acid groups (broad SMARTS) is 1. The second kappa shape index (κ2) is 5.17. The number of nitrogens with zero attached hydrogens (tertiary/aromatic N) is 2. The summed E-state index contributed by atoms with van der Waals surface area (Å²) in [6.07, 6.45) is 2.46. The van der Waals surface area contributed by atoms with Gasteiger partial charge in [0, 0.05) is 12.7 Å². The molecule has 0 aromatic carbocycles. The number of rotatable bonds is 5. The van der Waals surface area contributed by atoms with E-state index in [0.717, 1.165) is 0 Å². The Kier molecular flexibility index (Phi) is 3.90. The Morgan fingerprint density at radius 3 is 2.88 bits per heavy atom. The number of hydrogen-bond acceptors (Lipinski definition) is 5. The molecule has 4 N–H and O–H groups in total. The van der Waals surface area contributed by atoms with E-state index in [9.17, 15) is 9.59 Å². The smallest absolute Gasteiger partial charge is 0.339 e. The number of aromatic carboxylic acids is 1. The van der Waals surface area contributed by atoms with E-state index in [-0.39, 0.29) is 12.1 Å². The lowest BCUT2D eigenvalue weighted by molar-refractivity contribution is -0.119. The maximum Gasteiger partial charge on any atom is 0.339 e. The molecule has 0 aliphatic rings. The number of aromatic nitrogens is 2. The Balaban J connectivity index is 2.74. The molecule has 0 spiro atoms. The van der Waals surface area contributed by atoms with Gasteiger partial charge in [-0.05, 0) is 6.92 Å². The van der Waals surface area contributed by atoms with Gasteiger partial charge in [-0.3, -0.25) is 4.79 Å². The van der Waals surface area contributed by atoms with Gasteiger partial charge in [0.25, 0.3) is 0 Å². The van der Waals surface area contributed by atoms with E-state index in [1.165, 1.54) is 12.5 Å². The van der Waals surface area contributed by atoms with Crippen molar-refractivity contribution in [3.63, 3.8) is 0 Å². The Morgan fingerprint density at radius 2 is 2.31 bits per heavy atom. The summed E-state index contributed by atoms with van der Waals surface area (Å²) in [5, 5.41) is 11.6. The van der Waals surface area contributed by atoms with Gasteiger partial charge in [-0.15, -0.1) is 0 Å². The monoisotopic (exact) mass is 224 g/mol. The van der Waals surface area contributed by atoms with Crippen molar-refractivity contribution in [3.8, 4) is 0 Å². The Morgan fingerprint density at radius 1 is 1.62 bits per heavy atom. The molecule has 0 fully saturated rings. The molecule has 0 aliphatic heterocycles. The summed E-state index contributed by atoms with van der Waals surface area (Å²) in [5.41, 5.74) is 5.37. The summed E-state index contributed by atoms with van der Waals surface area (Å²) in [6, 6.07) is -0.545. The van der Waals surface area contributed by atoms with Gasteiger partial charge in [-0.25, -0.2) is 14.8 Å². The molecule has 1 atom stereocenters. The van der Waals surface area contributed by atoms with E-state index >= 15 is 0 Å². The van der Waals surface area contributed by atoms with Gasteiger partial charge in [0.2, 0.25) is 5.91 Å². The van der Waals surface area contributed by atoms with Crippen LogP contribution < -0.4 is 11.1 Å². The van der Waals surface area contributed by atoms with Crippen molar-refractivity contribution < 1.29 is 14.7 Å². The molecule has 1 unspecified atom stereocenters. The van der Waals surface area contributed by atoms with Crippen molar-refractivity contribution in [3.05, 3.63) is 23.8 Å². The Hall–Kier alpha value is -2.02. The third-order valence-electron chi connectivity index (χ3n) is 2.03. The predicted octanol–water partition coefficient (Wildman–Crippen LogP) is -0.862. The molecule has 1 aromatic heterocycles. The zero-order chi connectivity index (χ0) is 12.1. The number of nitrogens with one attached hydrogen (secondary N) is 1. The molecule has 0 saturated heterocycles. The normalized spacial score (nSPS) is 12.1. The van der Waals surface area contributed by atoms with E-state index in [1.54, 1.807) is 6.92 Å². The zero-order valence-electron chi connectivity index (χ0n) is 8.67. The zero-order valence-corrected chi connectivity index (χ0v) is 8.67. The van der Waals surface area contributed by atoms with E-state index in [4.69, 9.17) is 10.8 Å². The van der Waals surface area contributed by atoms with Crippen LogP contribution in [0.15, 0.2) is 12.5 Å². The first-order chi connectivity index (χ1) is 7.52. The molecule has 0 aliphatic carbocycles. The minimum atomic E-state index is -1.11. The first-order valence-electron chi connectivity index (χ1n) is 4.57. The number of primary amides is 1. The molecule has 7 nitrogen and oxygen atoms in total. The lowest BCUT2D eigenvalue weighted by Crippen LogP contribution is -2.38. The fraction of sp³-hybridized carbons (Fsp3) is 0.333. The molecule has 1 amide bonds. The van der Waals surface area contributed by atoms with Gasteiger partial charge < -0.3 is 16.2 Å². The van der Waals surface area contributed by atoms with E-state index in [1.807, 2.05) is 0 Å². The number of carbonyl (C=O) groups excluding carboxylic acids is 1. The summed E-state index contributed by atoms with van der Waals surface area (Å²) in [5.74, 6) is -1.62. The SMILES string of the molecule is CC(NCc1ncncc1C(=O)O)C(N)=O. The number of nitrogens with two attached hydrogens (primary N) is 1. The molecule has 0 bridgehead atoms. The molecule has 0 saturated carbocycles. The number of carbonyl (C=O) groups is 2. The van der Waals surface area contributed by atoms with Crippen LogP contribution in [0.5, 0.6) is 0 Å². The first kappa shape index (κ1) is 12.1. The van der Waals surface area contributed by atoms with Gasteiger partial charge >= 0.3 is 5.97 Å². The van der Waals surface area contributed by atoms with Gasteiger partial charge in [0.1, 0.15) is 11.9 Å². The lowest BCUT2D eigenvalue weighted by Gasteiger charge is -2.10. The van der Waals surface area contributed by atoms with E-state index in [0.29, 0.717) is 5.69 Å². The lowest BCUT2D eigenvalue weighted by atomic mass is 10.2. The maximum absolute atomic E-state index is 10.8. The van der Waals surface area contributed by atoms with Crippen molar-refractivity contribution in [1.29, 1.82) is 0 Å². The fourth-order valence-corrected chi connectivity index (χ4v) is 1.02. The van der Waals surface area contributed by atoms with Gasteiger partial charge in [0.05, 0.1) is 11.7 Å². The van der Waals surface area contributed by atoms with Crippen LogP contribution >= 0.6 is 0 Å². The minimum absolute atomic E-state index is 0.00618. The highest BCUT2D eigenvalue weighted by Gasteiger charge is 2.13. The molecule has 1 rings (SSSR count). The standard InChI is InChI=1S/C9H12N4O3/c1-5(8(10)14)12-3-7-6(9(15)16)2-11-4-13-7/h2,4-5,12H,3H2,1H3,(H2,10,14)(H,15,16). The van der Waals surface area contributed by atoms with E-state index in [2.05, 4.69) is 15.3 Å². The number of hydrogen-bond donors (Lipinski definition) is 3. The quantitative estimate of drug-likeness (QED) is 0.598. The Bertz CT molecular complexity index is 407. The van der Waals surface area contributed by atoms with Crippen LogP contribution in [-0.4, -0.2) is 33.0 Å². The third-order valence-corrected chi connectivity index (χ3v) is 2.03. The highest BCUT2D eigenvalue weighted by Crippen LogP contribution is 2.03. The molecule has 1 aromatic rings. The molecule has 1 heterocycles. The van der Waals surface area contributed by atoms with Crippen molar-refractivity contribution >= 4 is 11.9 Å². The van der Waals surface area contributed by atoms with E-state index < -0.39 is 17.9 Å². The summed E-state index contributed by atoms with van der Waals surface area (Å²) in [7, 11) is 0. The van der Waals surface area contributed by atoms with Crippen molar-refractivity contribution in [1.82, 2.24) is 15.3 Å². The largest absolute Gasteiger partial charge is 0.478 e. The highest BCUT2D eigenvalue weighted by molar-refractivity contribution is 5.88. The van der Waals surface area contributed by atoms with Gasteiger partial charge in [0.15, 0.2) is 0 Å². The fourth-order valence-electron chi connectivity index (χ4n) is 1.02. The summed E-state index contributed by atoms with van der Waals surface area (Å²) in [4.78, 5) is 29.0. The van der Waals surface area contributed by atoms with Crippen molar-refractivity contribution in [2.75, 3.05) is 0 Å². The summed E-state index contributed by atoms with van der Waals surface area (Å²) in [6.45, 7) is 1.73. The Labute approximate surface area is 91.7 Å². The summed E-state index contributed by atoms with van der Waals surface area (Å²) < 4.78 is 0. The number of carboxylic acids is 1. The summed E-state index contributed by atoms with van der Waals surface area (Å²) >= 11 is 0. The van der Waals surface area contributed by atoms with Crippen molar-refractivity contribution in [2.24, 2.45) is 5.73 Å². The molecule has 16 heavy (non-hydrogen) atoms. The predicted molar refractivity (Wildman–Crippen MR) is 54.5 cm³/mol. The van der Waals surface area contributed by atoms with Crippen LogP contribution in [0, 0.1) is 0 Å². The molecular formula is C9H12N4O3. The highest BCUT2D eigenvalue weighted by atomic mass is 16.4. The third kappa shape index (κ3) is 2.99. The molecule has 0 radical (unpaired) electrons. The van der Waals surface area contributed by atoms with Crippen LogP contribution in [0.4, 0.5) is 0 Å². The number of amides is 1. The van der Waals surface area contributed by atoms with Crippen LogP contribution in [0.1, 0.15) is 23.0 Å². The average Bonchev–Trinajstić information content (AvgIpc) is 2.25. The second-order valence-electron chi connectivity index (χ2n) is 3.19. The first-order valence-corrected chi connectivity index (χ1v) is 4.57. The molecule has 86 valence electrons.